The highest BCUT2D eigenvalue weighted by atomic mass is 16.3. The van der Waals surface area contributed by atoms with Crippen LogP contribution in [0.2, 0.25) is 0 Å². The second-order valence-corrected chi connectivity index (χ2v) is 12.8. The number of nitrogens with zero attached hydrogens (tertiary/aromatic N) is 4. The fourth-order valence-electron chi connectivity index (χ4n) is 7.62. The molecule has 11 rings (SSSR count). The van der Waals surface area contributed by atoms with Crippen LogP contribution in [0.25, 0.3) is 106 Å². The highest BCUT2D eigenvalue weighted by Gasteiger charge is 2.23. The quantitative estimate of drug-likeness (QED) is 0.189. The van der Waals surface area contributed by atoms with Crippen molar-refractivity contribution in [2.75, 3.05) is 0 Å². The average molecular weight is 655 g/mol. The van der Waals surface area contributed by atoms with Gasteiger partial charge >= 0.3 is 0 Å². The second-order valence-electron chi connectivity index (χ2n) is 12.8. The van der Waals surface area contributed by atoms with E-state index in [4.69, 9.17) is 23.8 Å². The van der Waals surface area contributed by atoms with E-state index < -0.39 is 0 Å². The van der Waals surface area contributed by atoms with Crippen LogP contribution in [0.15, 0.2) is 167 Å². The van der Waals surface area contributed by atoms with Crippen molar-refractivity contribution >= 4 is 65.7 Å². The van der Waals surface area contributed by atoms with Crippen molar-refractivity contribution in [2.45, 2.75) is 0 Å². The van der Waals surface area contributed by atoms with E-state index in [0.29, 0.717) is 17.5 Å². The van der Waals surface area contributed by atoms with E-state index in [1.807, 2.05) is 72.8 Å². The lowest BCUT2D eigenvalue weighted by atomic mass is 10.0. The van der Waals surface area contributed by atoms with Crippen molar-refractivity contribution < 1.29 is 8.83 Å². The van der Waals surface area contributed by atoms with Crippen molar-refractivity contribution in [1.82, 2.24) is 19.5 Å². The number of aromatic nitrogens is 4. The van der Waals surface area contributed by atoms with Gasteiger partial charge in [-0.3, -0.25) is 0 Å². The monoisotopic (exact) mass is 654 g/mol. The summed E-state index contributed by atoms with van der Waals surface area (Å²) in [6.07, 6.45) is 0. The van der Waals surface area contributed by atoms with Crippen molar-refractivity contribution in [3.05, 3.63) is 158 Å². The molecule has 0 aliphatic rings. The molecule has 0 bridgehead atoms. The van der Waals surface area contributed by atoms with Crippen LogP contribution in [0.4, 0.5) is 0 Å². The minimum atomic E-state index is 0.535. The zero-order valence-corrected chi connectivity index (χ0v) is 27.1. The molecule has 0 fully saturated rings. The molecular formula is C45H26N4O2. The molecule has 238 valence electrons. The molecule has 0 unspecified atom stereocenters. The van der Waals surface area contributed by atoms with Gasteiger partial charge in [0.15, 0.2) is 23.1 Å². The van der Waals surface area contributed by atoms with E-state index in [2.05, 4.69) is 89.5 Å². The number of hydrogen-bond acceptors (Lipinski definition) is 5. The Labute approximate surface area is 290 Å². The van der Waals surface area contributed by atoms with Crippen LogP contribution < -0.4 is 0 Å². The average Bonchev–Trinajstić information content (AvgIpc) is 3.88. The Morgan fingerprint density at radius 2 is 1.00 bits per heavy atom. The molecule has 4 aromatic heterocycles. The van der Waals surface area contributed by atoms with E-state index in [1.54, 1.807) is 0 Å². The lowest BCUT2D eigenvalue weighted by Gasteiger charge is -2.09. The molecule has 0 saturated carbocycles. The van der Waals surface area contributed by atoms with E-state index in [-0.39, 0.29) is 0 Å². The van der Waals surface area contributed by atoms with Crippen LogP contribution in [0.3, 0.4) is 0 Å². The number of hydrogen-bond donors (Lipinski definition) is 0. The summed E-state index contributed by atoms with van der Waals surface area (Å²) in [6.45, 7) is 0. The van der Waals surface area contributed by atoms with Gasteiger partial charge in [-0.25, -0.2) is 15.0 Å². The SMILES string of the molecule is c1ccc(-c2nc(-c3cccc4c3oc3c4ccc4c5ccccc5n(-c5ccccc5)c43)nc(-c3cccc4oc5ccccc5c34)n2)cc1. The van der Waals surface area contributed by atoms with Gasteiger partial charge in [-0.05, 0) is 42.5 Å². The van der Waals surface area contributed by atoms with Crippen LogP contribution in [-0.2, 0) is 0 Å². The zero-order chi connectivity index (χ0) is 33.5. The Hall–Kier alpha value is -7.05. The molecule has 0 spiro atoms. The Kier molecular flexibility index (Phi) is 5.86. The molecule has 11 aromatic rings. The summed E-state index contributed by atoms with van der Waals surface area (Å²) in [4.78, 5) is 15.4. The van der Waals surface area contributed by atoms with E-state index in [9.17, 15) is 0 Å². The summed E-state index contributed by atoms with van der Waals surface area (Å²) in [5.41, 5.74) is 8.97. The maximum atomic E-state index is 7.01. The third-order valence-corrected chi connectivity index (χ3v) is 9.87. The summed E-state index contributed by atoms with van der Waals surface area (Å²) in [7, 11) is 0. The first kappa shape index (κ1) is 27.9. The van der Waals surface area contributed by atoms with E-state index >= 15 is 0 Å². The Bertz CT molecular complexity index is 3140. The molecule has 7 aromatic carbocycles. The zero-order valence-electron chi connectivity index (χ0n) is 27.1. The first-order valence-electron chi connectivity index (χ1n) is 17.0. The second kappa shape index (κ2) is 10.7. The first-order valence-corrected chi connectivity index (χ1v) is 17.0. The minimum Gasteiger partial charge on any atom is -0.456 e. The maximum absolute atomic E-state index is 7.01. The Balaban J connectivity index is 1.21. The molecule has 6 heteroatoms. The van der Waals surface area contributed by atoms with Crippen LogP contribution in [0.1, 0.15) is 0 Å². The first-order chi connectivity index (χ1) is 25.3. The molecule has 0 saturated heterocycles. The minimum absolute atomic E-state index is 0.535. The predicted molar refractivity (Wildman–Crippen MR) is 205 cm³/mol. The standard InChI is InChI=1S/C45H26N4O2/c1-3-13-27(14-4-1)43-46-44(34-20-12-24-38-39(34)33-18-8-10-23-37(33)50-38)48-45(47-43)35-21-11-19-31-32-26-25-30-29-17-7-9-22-36(29)49(28-15-5-2-6-16-28)40(30)42(32)51-41(31)35/h1-26H. The van der Waals surface area contributed by atoms with Gasteiger partial charge in [0.05, 0.1) is 16.6 Å². The van der Waals surface area contributed by atoms with Crippen LogP contribution in [0, 0.1) is 0 Å². The van der Waals surface area contributed by atoms with Gasteiger partial charge in [-0.2, -0.15) is 0 Å². The van der Waals surface area contributed by atoms with Gasteiger partial charge in [0.25, 0.3) is 0 Å². The number of furan rings is 2. The molecule has 4 heterocycles. The van der Waals surface area contributed by atoms with Crippen molar-refractivity contribution in [1.29, 1.82) is 0 Å². The van der Waals surface area contributed by atoms with Crippen molar-refractivity contribution in [2.24, 2.45) is 0 Å². The number of rotatable bonds is 4. The van der Waals surface area contributed by atoms with Crippen molar-refractivity contribution in [3.8, 4) is 39.9 Å². The summed E-state index contributed by atoms with van der Waals surface area (Å²) in [6, 6.07) is 53.8. The fourth-order valence-corrected chi connectivity index (χ4v) is 7.62. The highest BCUT2D eigenvalue weighted by molar-refractivity contribution is 6.22. The van der Waals surface area contributed by atoms with Gasteiger partial charge < -0.3 is 13.4 Å². The van der Waals surface area contributed by atoms with Gasteiger partial charge in [0.1, 0.15) is 16.7 Å². The highest BCUT2D eigenvalue weighted by Crippen LogP contribution is 2.43. The molecule has 0 aliphatic carbocycles. The summed E-state index contributed by atoms with van der Waals surface area (Å²) in [5, 5.41) is 6.34. The molecule has 0 atom stereocenters. The lowest BCUT2D eigenvalue weighted by Crippen LogP contribution is -2.00. The lowest BCUT2D eigenvalue weighted by molar-refractivity contribution is 0.669. The normalized spacial score (nSPS) is 11.9. The molecule has 6 nitrogen and oxygen atoms in total. The Morgan fingerprint density at radius 1 is 0.392 bits per heavy atom. The van der Waals surface area contributed by atoms with Gasteiger partial charge in [0, 0.05) is 49.1 Å². The van der Waals surface area contributed by atoms with Crippen LogP contribution in [-0.4, -0.2) is 19.5 Å². The molecular weight excluding hydrogens is 629 g/mol. The summed E-state index contributed by atoms with van der Waals surface area (Å²) in [5.74, 6) is 1.68. The molecule has 0 aliphatic heterocycles. The van der Waals surface area contributed by atoms with Crippen molar-refractivity contribution in [3.63, 3.8) is 0 Å². The van der Waals surface area contributed by atoms with Crippen LogP contribution >= 0.6 is 0 Å². The molecule has 51 heavy (non-hydrogen) atoms. The largest absolute Gasteiger partial charge is 0.456 e. The fraction of sp³-hybridized carbons (Fsp3) is 0. The smallest absolute Gasteiger partial charge is 0.167 e. The van der Waals surface area contributed by atoms with Crippen LogP contribution in [0.5, 0.6) is 0 Å². The predicted octanol–water partition coefficient (Wildman–Crippen LogP) is 11.8. The number of fused-ring (bicyclic) bond motifs is 10. The van der Waals surface area contributed by atoms with E-state index in [0.717, 1.165) is 82.7 Å². The summed E-state index contributed by atoms with van der Waals surface area (Å²) < 4.78 is 15.6. The molecule has 0 radical (unpaired) electrons. The van der Waals surface area contributed by atoms with E-state index in [1.165, 1.54) is 5.39 Å². The third-order valence-electron chi connectivity index (χ3n) is 9.87. The number of benzene rings is 7. The third kappa shape index (κ3) is 4.14. The Morgan fingerprint density at radius 3 is 1.86 bits per heavy atom. The van der Waals surface area contributed by atoms with Gasteiger partial charge in [-0.1, -0.05) is 115 Å². The maximum Gasteiger partial charge on any atom is 0.167 e. The molecule has 0 amide bonds. The number of para-hydroxylation sites is 4. The molecule has 0 N–H and O–H groups in total. The summed E-state index contributed by atoms with van der Waals surface area (Å²) >= 11 is 0. The topological polar surface area (TPSA) is 69.9 Å². The van der Waals surface area contributed by atoms with Gasteiger partial charge in [-0.15, -0.1) is 0 Å². The van der Waals surface area contributed by atoms with Gasteiger partial charge in [0.2, 0.25) is 0 Å².